The van der Waals surface area contributed by atoms with Crippen molar-refractivity contribution in [1.82, 2.24) is 0 Å². The highest BCUT2D eigenvalue weighted by atomic mass is 32.2. The van der Waals surface area contributed by atoms with Crippen LogP contribution in [0.4, 0.5) is 0 Å². The summed E-state index contributed by atoms with van der Waals surface area (Å²) in [6.07, 6.45) is 7.06. The summed E-state index contributed by atoms with van der Waals surface area (Å²) in [6.45, 7) is 0.166. The average Bonchev–Trinajstić information content (AvgIpc) is 2.79. The molecule has 156 valence electrons. The van der Waals surface area contributed by atoms with Crippen molar-refractivity contribution >= 4 is 22.0 Å². The lowest BCUT2D eigenvalue weighted by molar-refractivity contribution is 0.283. The van der Waals surface area contributed by atoms with Crippen molar-refractivity contribution in [3.05, 3.63) is 90.0 Å². The Hall–Kier alpha value is -2.69. The lowest BCUT2D eigenvalue weighted by atomic mass is 10.0. The van der Waals surface area contributed by atoms with E-state index in [0.717, 1.165) is 30.4 Å². The molecule has 0 fully saturated rings. The van der Waals surface area contributed by atoms with Gasteiger partial charge < -0.3 is 5.11 Å². The van der Waals surface area contributed by atoms with Crippen molar-refractivity contribution in [2.24, 2.45) is 0 Å². The standard InChI is InChI=1S/C26H28O3S/c27-20-6-1-2-7-21-30(28,29)26-18-14-23(15-19-26)11-10-22-12-16-25(17-13-22)24-8-4-3-5-9-24/h3-5,8-19,27H,1-2,6-7,20-21H2. The number of aliphatic hydroxyl groups is 1. The van der Waals surface area contributed by atoms with Gasteiger partial charge in [-0.1, -0.05) is 91.7 Å². The number of unbranched alkanes of at least 4 members (excludes halogenated alkanes) is 3. The van der Waals surface area contributed by atoms with Crippen LogP contribution in [-0.4, -0.2) is 25.9 Å². The molecule has 0 amide bonds. The molecule has 0 heterocycles. The number of rotatable bonds is 10. The quantitative estimate of drug-likeness (QED) is 0.331. The Balaban J connectivity index is 1.59. The molecule has 0 unspecified atom stereocenters. The highest BCUT2D eigenvalue weighted by Gasteiger charge is 2.13. The molecule has 0 atom stereocenters. The SMILES string of the molecule is O=S(=O)(CCCCCCO)c1ccc(C=Cc2ccc(-c3ccccc3)cc2)cc1. The van der Waals surface area contributed by atoms with Gasteiger partial charge in [-0.25, -0.2) is 8.42 Å². The third kappa shape index (κ3) is 6.41. The molecule has 0 aromatic heterocycles. The summed E-state index contributed by atoms with van der Waals surface area (Å²) >= 11 is 0. The Morgan fingerprint density at radius 3 is 1.77 bits per heavy atom. The Bertz CT molecular complexity index is 1040. The summed E-state index contributed by atoms with van der Waals surface area (Å²) in [4.78, 5) is 0.369. The molecule has 1 N–H and O–H groups in total. The number of hydrogen-bond acceptors (Lipinski definition) is 3. The van der Waals surface area contributed by atoms with Gasteiger partial charge in [-0.05, 0) is 47.2 Å². The molecule has 4 heteroatoms. The largest absolute Gasteiger partial charge is 0.396 e. The molecule has 0 aliphatic rings. The molecule has 0 aliphatic heterocycles. The number of sulfone groups is 1. The van der Waals surface area contributed by atoms with Crippen molar-refractivity contribution in [3.63, 3.8) is 0 Å². The molecule has 3 aromatic rings. The minimum atomic E-state index is -3.25. The van der Waals surface area contributed by atoms with E-state index < -0.39 is 9.84 Å². The molecule has 0 saturated heterocycles. The van der Waals surface area contributed by atoms with E-state index in [9.17, 15) is 8.42 Å². The third-order valence-corrected chi connectivity index (χ3v) is 6.86. The summed E-state index contributed by atoms with van der Waals surface area (Å²) in [5.74, 6) is 0.154. The summed E-state index contributed by atoms with van der Waals surface area (Å²) in [5, 5.41) is 8.78. The zero-order chi connectivity index (χ0) is 21.2. The molecule has 0 aliphatic carbocycles. The maximum absolute atomic E-state index is 12.4. The van der Waals surface area contributed by atoms with Crippen LogP contribution >= 0.6 is 0 Å². The molecule has 3 rings (SSSR count). The highest BCUT2D eigenvalue weighted by molar-refractivity contribution is 7.91. The fraction of sp³-hybridized carbons (Fsp3) is 0.231. The number of benzene rings is 3. The number of hydrogen-bond donors (Lipinski definition) is 1. The van der Waals surface area contributed by atoms with Gasteiger partial charge in [0.05, 0.1) is 10.6 Å². The minimum absolute atomic E-state index is 0.154. The first kappa shape index (κ1) is 22.0. The van der Waals surface area contributed by atoms with E-state index in [1.807, 2.05) is 42.5 Å². The predicted molar refractivity (Wildman–Crippen MR) is 125 cm³/mol. The third-order valence-electron chi connectivity index (χ3n) is 5.05. The van der Waals surface area contributed by atoms with Crippen LogP contribution in [0.25, 0.3) is 23.3 Å². The first-order valence-corrected chi connectivity index (χ1v) is 12.0. The van der Waals surface area contributed by atoms with Gasteiger partial charge in [0, 0.05) is 6.61 Å². The van der Waals surface area contributed by atoms with E-state index in [-0.39, 0.29) is 12.4 Å². The molecular weight excluding hydrogens is 392 g/mol. The van der Waals surface area contributed by atoms with Crippen LogP contribution in [0.15, 0.2) is 83.8 Å². The molecule has 3 aromatic carbocycles. The molecule has 0 radical (unpaired) electrons. The molecule has 0 spiro atoms. The maximum atomic E-state index is 12.4. The molecule has 0 saturated carbocycles. The van der Waals surface area contributed by atoms with Crippen LogP contribution in [0.1, 0.15) is 36.8 Å². The normalized spacial score (nSPS) is 11.8. The van der Waals surface area contributed by atoms with E-state index in [1.165, 1.54) is 11.1 Å². The summed E-state index contributed by atoms with van der Waals surface area (Å²) in [7, 11) is -3.25. The van der Waals surface area contributed by atoms with Gasteiger partial charge in [-0.2, -0.15) is 0 Å². The van der Waals surface area contributed by atoms with Crippen molar-refractivity contribution in [3.8, 4) is 11.1 Å². The fourth-order valence-electron chi connectivity index (χ4n) is 3.27. The smallest absolute Gasteiger partial charge is 0.178 e. The van der Waals surface area contributed by atoms with Gasteiger partial charge in [0.25, 0.3) is 0 Å². The van der Waals surface area contributed by atoms with E-state index in [4.69, 9.17) is 5.11 Å². The van der Waals surface area contributed by atoms with Gasteiger partial charge >= 0.3 is 0 Å². The Labute approximate surface area is 179 Å². The van der Waals surface area contributed by atoms with Crippen molar-refractivity contribution < 1.29 is 13.5 Å². The Morgan fingerprint density at radius 2 is 1.17 bits per heavy atom. The maximum Gasteiger partial charge on any atom is 0.178 e. The second-order valence-corrected chi connectivity index (χ2v) is 9.46. The lowest BCUT2D eigenvalue weighted by Gasteiger charge is -2.05. The van der Waals surface area contributed by atoms with Gasteiger partial charge in [-0.15, -0.1) is 0 Å². The van der Waals surface area contributed by atoms with E-state index in [0.29, 0.717) is 11.3 Å². The lowest BCUT2D eigenvalue weighted by Crippen LogP contribution is -2.06. The monoisotopic (exact) mass is 420 g/mol. The van der Waals surface area contributed by atoms with Crippen LogP contribution < -0.4 is 0 Å². The second-order valence-electron chi connectivity index (χ2n) is 7.35. The van der Waals surface area contributed by atoms with Crippen molar-refractivity contribution in [2.45, 2.75) is 30.6 Å². The summed E-state index contributed by atoms with van der Waals surface area (Å²) in [5.41, 5.74) is 4.43. The van der Waals surface area contributed by atoms with Crippen LogP contribution in [-0.2, 0) is 9.84 Å². The summed E-state index contributed by atoms with van der Waals surface area (Å²) < 4.78 is 24.9. The zero-order valence-electron chi connectivity index (χ0n) is 17.1. The first-order chi connectivity index (χ1) is 14.6. The zero-order valence-corrected chi connectivity index (χ0v) is 17.9. The van der Waals surface area contributed by atoms with Crippen LogP contribution in [0.2, 0.25) is 0 Å². The van der Waals surface area contributed by atoms with E-state index in [1.54, 1.807) is 12.1 Å². The second kappa shape index (κ2) is 10.9. The van der Waals surface area contributed by atoms with Gasteiger partial charge in [0.1, 0.15) is 0 Å². The molecule has 3 nitrogen and oxygen atoms in total. The first-order valence-electron chi connectivity index (χ1n) is 10.4. The van der Waals surface area contributed by atoms with Gasteiger partial charge in [-0.3, -0.25) is 0 Å². The molecule has 0 bridgehead atoms. The highest BCUT2D eigenvalue weighted by Crippen LogP contribution is 2.20. The topological polar surface area (TPSA) is 54.4 Å². The van der Waals surface area contributed by atoms with Crippen LogP contribution in [0.5, 0.6) is 0 Å². The van der Waals surface area contributed by atoms with Gasteiger partial charge in [0.2, 0.25) is 0 Å². The van der Waals surface area contributed by atoms with Crippen LogP contribution in [0, 0.1) is 0 Å². The predicted octanol–water partition coefficient (Wildman–Crippen LogP) is 5.85. The van der Waals surface area contributed by atoms with Crippen molar-refractivity contribution in [2.75, 3.05) is 12.4 Å². The van der Waals surface area contributed by atoms with Crippen LogP contribution in [0.3, 0.4) is 0 Å². The minimum Gasteiger partial charge on any atom is -0.396 e. The molecular formula is C26H28O3S. The number of aliphatic hydroxyl groups excluding tert-OH is 1. The van der Waals surface area contributed by atoms with Crippen molar-refractivity contribution in [1.29, 1.82) is 0 Å². The Morgan fingerprint density at radius 1 is 0.633 bits per heavy atom. The average molecular weight is 421 g/mol. The van der Waals surface area contributed by atoms with E-state index >= 15 is 0 Å². The van der Waals surface area contributed by atoms with Gasteiger partial charge in [0.15, 0.2) is 9.84 Å². The Kier molecular flexibility index (Phi) is 8.00. The summed E-state index contributed by atoms with van der Waals surface area (Å²) in [6, 6.07) is 25.7. The van der Waals surface area contributed by atoms with E-state index in [2.05, 4.69) is 36.4 Å². The fourth-order valence-corrected chi connectivity index (χ4v) is 4.64. The molecule has 30 heavy (non-hydrogen) atoms.